The van der Waals surface area contributed by atoms with Gasteiger partial charge in [0.25, 0.3) is 17.7 Å². The Kier molecular flexibility index (Phi) is 19.4. The Morgan fingerprint density at radius 3 is 2.32 bits per heavy atom. The molecule has 1 saturated heterocycles. The fraction of sp³-hybridized carbons (Fsp3) is 0.486. The lowest BCUT2D eigenvalue weighted by atomic mass is 9.39. The average Bonchev–Trinajstić information content (AvgIpc) is 0.758. The largest absolute Gasteiger partial charge is 0.491 e. The molecule has 4 bridgehead atoms. The maximum Gasteiger partial charge on any atom is 0.410 e. The Balaban J connectivity index is 0.635. The normalized spacial score (nSPS) is 22.3. The Bertz CT molecular complexity index is 3830. The predicted octanol–water partition coefficient (Wildman–Crippen LogP) is 9.31. The number of anilines is 2. The van der Waals surface area contributed by atoms with Crippen LogP contribution in [0.4, 0.5) is 15.7 Å². The Morgan fingerprint density at radius 2 is 1.55 bits per heavy atom. The molecule has 3 aliphatic heterocycles. The predicted molar refractivity (Wildman–Crippen MR) is 350 cm³/mol. The quantitative estimate of drug-likeness (QED) is 0.0263. The highest BCUT2D eigenvalue weighted by molar-refractivity contribution is 7.22. The van der Waals surface area contributed by atoms with Gasteiger partial charge in [0.2, 0.25) is 5.91 Å². The lowest BCUT2D eigenvalue weighted by molar-refractivity contribution is -0.249. The molecule has 13 rings (SSSR count). The minimum absolute atomic E-state index is 0.00463. The van der Waals surface area contributed by atoms with Gasteiger partial charge in [-0.2, -0.15) is 5.10 Å². The number of aromatic nitrogens is 4. The van der Waals surface area contributed by atoms with Crippen LogP contribution in [0, 0.1) is 23.2 Å². The molecule has 3 aromatic heterocycles. The number of carbonyl (C=O) groups is 7. The number of hydrogen-bond acceptors (Lipinski definition) is 17. The van der Waals surface area contributed by atoms with Gasteiger partial charge in [0.15, 0.2) is 10.8 Å². The minimum Gasteiger partial charge on any atom is -0.491 e. The first-order valence-electron chi connectivity index (χ1n) is 32.6. The van der Waals surface area contributed by atoms with Crippen LogP contribution in [0.1, 0.15) is 128 Å². The maximum absolute atomic E-state index is 13.8. The lowest BCUT2D eigenvalue weighted by Crippen LogP contribution is -2.64. The SMILES string of the molecule is Cc1c(-c2ccc(N3CCc4cccc(C(=O)Nc5nc6ccccc6s5)c4C3)nc2C(=O)O)cnn1CC12CC3(C)CC(C)(C1)CC(OCCN(CCCC(=O)O)C1CCN(C(=O)OCc4ccccc4OCCOCCNC(=O)CCN4C(=O)C=CC4=O)CC1)(C3)C2. The lowest BCUT2D eigenvalue weighted by Gasteiger charge is -2.69. The van der Waals surface area contributed by atoms with Crippen molar-refractivity contribution >= 4 is 74.2 Å². The van der Waals surface area contributed by atoms with Crippen molar-refractivity contribution in [2.24, 2.45) is 16.2 Å². The van der Waals surface area contributed by atoms with Crippen molar-refractivity contribution < 1.29 is 62.7 Å². The molecule has 5 amide bonds. The van der Waals surface area contributed by atoms with Gasteiger partial charge in [-0.1, -0.05) is 67.6 Å². The first-order valence-corrected chi connectivity index (χ1v) is 33.5. The van der Waals surface area contributed by atoms with Crippen LogP contribution in [0.2, 0.25) is 0 Å². The number of carboxylic acid groups (broad SMARTS) is 2. The smallest absolute Gasteiger partial charge is 0.410 e. The number of nitrogens with zero attached hydrogens (tertiary/aromatic N) is 8. The number of nitrogens with one attached hydrogen (secondary N) is 2. The van der Waals surface area contributed by atoms with Gasteiger partial charge in [0.05, 0.1) is 41.8 Å². The van der Waals surface area contributed by atoms with Crippen LogP contribution in [0.25, 0.3) is 21.3 Å². The summed E-state index contributed by atoms with van der Waals surface area (Å²) < 4.78 is 27.8. The van der Waals surface area contributed by atoms with Crippen LogP contribution in [0.5, 0.6) is 5.75 Å². The van der Waals surface area contributed by atoms with Gasteiger partial charge in [-0.05, 0) is 141 Å². The maximum atomic E-state index is 13.8. The van der Waals surface area contributed by atoms with Gasteiger partial charge in [-0.3, -0.25) is 43.8 Å². The molecule has 2 unspecified atom stereocenters. The molecule has 94 heavy (non-hydrogen) atoms. The van der Waals surface area contributed by atoms with E-state index in [1.165, 1.54) is 23.5 Å². The summed E-state index contributed by atoms with van der Waals surface area (Å²) in [5.74, 6) is -2.32. The van der Waals surface area contributed by atoms with Crippen LogP contribution in [-0.2, 0) is 59.5 Å². The monoisotopic (exact) mass is 1300 g/mol. The van der Waals surface area contributed by atoms with Crippen LogP contribution in [-0.4, -0.2) is 170 Å². The second-order valence-electron chi connectivity index (χ2n) is 27.1. The van der Waals surface area contributed by atoms with Gasteiger partial charge >= 0.3 is 18.0 Å². The average molecular weight is 1300 g/mol. The number of para-hydroxylation sites is 2. The number of aliphatic carboxylic acids is 1. The fourth-order valence-corrected chi connectivity index (χ4v) is 17.5. The van der Waals surface area contributed by atoms with E-state index in [1.54, 1.807) is 17.2 Å². The number of carbonyl (C=O) groups excluding carboxylic acids is 5. The van der Waals surface area contributed by atoms with Crippen LogP contribution in [0.3, 0.4) is 0 Å². The van der Waals surface area contributed by atoms with E-state index in [4.69, 9.17) is 29.0 Å². The number of imide groups is 1. The van der Waals surface area contributed by atoms with Gasteiger partial charge in [-0.15, -0.1) is 0 Å². The summed E-state index contributed by atoms with van der Waals surface area (Å²) in [5, 5.41) is 31.7. The number of pyridine rings is 1. The fourth-order valence-electron chi connectivity index (χ4n) is 16.6. The summed E-state index contributed by atoms with van der Waals surface area (Å²) in [6.07, 6.45) is 12.2. The summed E-state index contributed by atoms with van der Waals surface area (Å²) in [6.45, 7) is 12.1. The van der Waals surface area contributed by atoms with Crippen molar-refractivity contribution in [3.63, 3.8) is 0 Å². The number of piperidine rings is 1. The van der Waals surface area contributed by atoms with Crippen molar-refractivity contribution in [1.29, 1.82) is 0 Å². The number of aromatic carboxylic acids is 1. The zero-order valence-electron chi connectivity index (χ0n) is 53.6. The molecule has 4 aliphatic carbocycles. The third-order valence-corrected chi connectivity index (χ3v) is 20.6. The van der Waals surface area contributed by atoms with Gasteiger partial charge < -0.3 is 44.3 Å². The second-order valence-corrected chi connectivity index (χ2v) is 28.1. The highest BCUT2D eigenvalue weighted by Crippen LogP contribution is 2.72. The molecule has 0 radical (unpaired) electrons. The van der Waals surface area contributed by atoms with E-state index in [-0.39, 0.29) is 97.8 Å². The summed E-state index contributed by atoms with van der Waals surface area (Å²) in [4.78, 5) is 104. The highest BCUT2D eigenvalue weighted by atomic mass is 32.1. The summed E-state index contributed by atoms with van der Waals surface area (Å²) in [7, 11) is 0. The Morgan fingerprint density at radius 1 is 0.787 bits per heavy atom. The van der Waals surface area contributed by atoms with E-state index in [0.717, 1.165) is 70.5 Å². The molecular weight excluding hydrogens is 1220 g/mol. The highest BCUT2D eigenvalue weighted by Gasteiger charge is 2.66. The molecule has 496 valence electrons. The number of thiazole rings is 1. The molecule has 6 heterocycles. The number of likely N-dealkylation sites (tertiary alicyclic amines) is 1. The van der Waals surface area contributed by atoms with E-state index >= 15 is 0 Å². The summed E-state index contributed by atoms with van der Waals surface area (Å²) in [5.41, 5.74) is 5.58. The van der Waals surface area contributed by atoms with E-state index < -0.39 is 29.8 Å². The van der Waals surface area contributed by atoms with Crippen molar-refractivity contribution in [3.8, 4) is 16.9 Å². The van der Waals surface area contributed by atoms with E-state index in [0.29, 0.717) is 117 Å². The summed E-state index contributed by atoms with van der Waals surface area (Å²) >= 11 is 1.42. The number of fused-ring (bicyclic) bond motifs is 2. The zero-order chi connectivity index (χ0) is 65.8. The standard InChI is InChI=1S/C70H82N10O13S/c1-46-52(50-17-18-57(74-62(50)64(87)88)78-27-21-47-11-8-12-51(53(47)37-78)63(86)75-65-73-54-13-5-7-15-56(54)94-65)36-72-80(46)45-69-40-67(2)39-68(3,41-69)43-70(42-67,44-69)93-33-31-76(26-9-16-61(84)85)49-22-28-77(29-23-49)66(89)92-38-48-10-4-6-14-55(48)91-35-34-90-32-25-71-58(81)24-30-79-59(82)19-20-60(79)83/h4-8,10-15,17-20,36,49H,9,16,21-35,37-45H2,1-3H3,(H,71,81)(H,84,85)(H,87,88)(H,73,75,86). The van der Waals surface area contributed by atoms with Crippen LogP contribution >= 0.6 is 11.3 Å². The number of amides is 5. The van der Waals surface area contributed by atoms with E-state index in [1.807, 2.05) is 84.6 Å². The molecular formula is C70H82N10O13S. The first kappa shape index (κ1) is 65.5. The second kappa shape index (κ2) is 27.8. The topological polar surface area (TPSA) is 277 Å². The molecule has 24 heteroatoms. The third kappa shape index (κ3) is 14.8. The van der Waals surface area contributed by atoms with Crippen molar-refractivity contribution in [2.45, 2.75) is 129 Å². The Hall–Kier alpha value is -8.58. The van der Waals surface area contributed by atoms with Gasteiger partial charge in [-0.25, -0.2) is 19.6 Å². The van der Waals surface area contributed by atoms with Gasteiger partial charge in [0.1, 0.15) is 24.8 Å². The zero-order valence-corrected chi connectivity index (χ0v) is 54.4. The van der Waals surface area contributed by atoms with Crippen molar-refractivity contribution in [1.82, 2.24) is 39.8 Å². The van der Waals surface area contributed by atoms with E-state index in [9.17, 15) is 43.8 Å². The van der Waals surface area contributed by atoms with Gasteiger partial charge in [0, 0.05) is 111 Å². The Labute approximate surface area is 549 Å². The number of benzene rings is 3. The molecule has 6 aromatic rings. The minimum atomic E-state index is -1.14. The molecule has 0 spiro atoms. The molecule has 3 aromatic carbocycles. The van der Waals surface area contributed by atoms with E-state index in [2.05, 4.69) is 39.0 Å². The third-order valence-electron chi connectivity index (χ3n) is 19.7. The number of ether oxygens (including phenoxy) is 4. The molecule has 23 nitrogen and oxygen atoms in total. The molecule has 2 atom stereocenters. The number of rotatable bonds is 28. The molecule has 4 N–H and O–H groups in total. The number of hydrogen-bond donors (Lipinski definition) is 4. The molecule has 4 saturated carbocycles. The summed E-state index contributed by atoms with van der Waals surface area (Å²) in [6, 6.07) is 24.6. The number of carboxylic acids is 2. The first-order chi connectivity index (χ1) is 45.2. The molecule has 5 fully saturated rings. The van der Waals surface area contributed by atoms with Crippen LogP contribution in [0.15, 0.2) is 97.2 Å². The van der Waals surface area contributed by atoms with Crippen LogP contribution < -0.4 is 20.3 Å². The molecule has 7 aliphatic rings. The van der Waals surface area contributed by atoms with Crippen molar-refractivity contribution in [2.75, 3.05) is 82.5 Å². The van der Waals surface area contributed by atoms with Crippen molar-refractivity contribution in [3.05, 3.63) is 131 Å².